The third-order valence-electron chi connectivity index (χ3n) is 1.68. The van der Waals surface area contributed by atoms with E-state index in [4.69, 9.17) is 11.6 Å². The summed E-state index contributed by atoms with van der Waals surface area (Å²) in [4.78, 5) is 2.04. The zero-order valence-corrected chi connectivity index (χ0v) is 8.60. The molecule has 68 valence electrons. The Hall–Kier alpha value is -1.13. The molecule has 0 atom stereocenters. The van der Waals surface area contributed by atoms with Gasteiger partial charge < -0.3 is 4.90 Å². The molecule has 0 aliphatic carbocycles. The third-order valence-corrected chi connectivity index (χ3v) is 1.81. The van der Waals surface area contributed by atoms with Crippen molar-refractivity contribution in [2.24, 2.45) is 0 Å². The highest BCUT2D eigenvalue weighted by molar-refractivity contribution is 6.19. The maximum Gasteiger partial charge on any atom is 0.0839 e. The van der Waals surface area contributed by atoms with Gasteiger partial charge in [0.15, 0.2) is 0 Å². The van der Waals surface area contributed by atoms with E-state index in [1.165, 1.54) is 0 Å². The van der Waals surface area contributed by atoms with E-state index in [-0.39, 0.29) is 0 Å². The highest BCUT2D eigenvalue weighted by atomic mass is 35.5. The Morgan fingerprint density at radius 3 is 2.62 bits per heavy atom. The minimum absolute atomic E-state index is 0.377. The van der Waals surface area contributed by atoms with Gasteiger partial charge in [-0.2, -0.15) is 0 Å². The summed E-state index contributed by atoms with van der Waals surface area (Å²) in [5, 5.41) is 0. The SMILES string of the molecule is CN(C)c1ccccc1C#CCCl. The summed E-state index contributed by atoms with van der Waals surface area (Å²) in [5.74, 6) is 6.25. The zero-order valence-electron chi connectivity index (χ0n) is 7.84. The van der Waals surface area contributed by atoms with Gasteiger partial charge in [0.05, 0.1) is 11.6 Å². The van der Waals surface area contributed by atoms with Crippen LogP contribution in [0.5, 0.6) is 0 Å². The average molecular weight is 194 g/mol. The van der Waals surface area contributed by atoms with Gasteiger partial charge in [-0.3, -0.25) is 0 Å². The standard InChI is InChI=1S/C11H12ClN/c1-13(2)11-8-4-3-6-10(11)7-5-9-12/h3-4,6,8H,9H2,1-2H3. The summed E-state index contributed by atoms with van der Waals surface area (Å²) in [6.45, 7) is 0. The van der Waals surface area contributed by atoms with Crippen LogP contribution in [0.3, 0.4) is 0 Å². The maximum absolute atomic E-state index is 5.50. The second kappa shape index (κ2) is 4.79. The Bertz CT molecular complexity index is 333. The number of benzene rings is 1. The molecule has 0 amide bonds. The zero-order chi connectivity index (χ0) is 9.68. The summed E-state index contributed by atoms with van der Waals surface area (Å²) in [6.07, 6.45) is 0. The Labute approximate surface area is 84.3 Å². The van der Waals surface area contributed by atoms with Crippen LogP contribution < -0.4 is 4.90 Å². The summed E-state index contributed by atoms with van der Waals surface area (Å²) in [5.41, 5.74) is 2.15. The van der Waals surface area contributed by atoms with Crippen molar-refractivity contribution >= 4 is 17.3 Å². The fourth-order valence-corrected chi connectivity index (χ4v) is 1.16. The van der Waals surface area contributed by atoms with Crippen molar-refractivity contribution < 1.29 is 0 Å². The van der Waals surface area contributed by atoms with E-state index in [1.807, 2.05) is 43.3 Å². The van der Waals surface area contributed by atoms with E-state index in [9.17, 15) is 0 Å². The van der Waals surface area contributed by atoms with Gasteiger partial charge in [0, 0.05) is 19.7 Å². The van der Waals surface area contributed by atoms with Crippen LogP contribution in [0.4, 0.5) is 5.69 Å². The molecule has 0 bridgehead atoms. The van der Waals surface area contributed by atoms with E-state index in [0.717, 1.165) is 11.3 Å². The summed E-state index contributed by atoms with van der Waals surface area (Å²) in [6, 6.07) is 8.01. The first-order valence-electron chi connectivity index (χ1n) is 4.07. The van der Waals surface area contributed by atoms with E-state index in [1.54, 1.807) is 0 Å². The Morgan fingerprint density at radius 2 is 2.00 bits per heavy atom. The normalized spacial score (nSPS) is 8.85. The predicted molar refractivity (Wildman–Crippen MR) is 58.4 cm³/mol. The fourth-order valence-electron chi connectivity index (χ4n) is 1.10. The summed E-state index contributed by atoms with van der Waals surface area (Å²) < 4.78 is 0. The monoisotopic (exact) mass is 193 g/mol. The van der Waals surface area contributed by atoms with Gasteiger partial charge in [0.2, 0.25) is 0 Å². The van der Waals surface area contributed by atoms with Gasteiger partial charge in [0.1, 0.15) is 0 Å². The molecule has 0 saturated carbocycles. The topological polar surface area (TPSA) is 3.24 Å². The van der Waals surface area contributed by atoms with Crippen molar-refractivity contribution in [1.82, 2.24) is 0 Å². The van der Waals surface area contributed by atoms with Crippen molar-refractivity contribution in [3.63, 3.8) is 0 Å². The Kier molecular flexibility index (Phi) is 3.67. The lowest BCUT2D eigenvalue weighted by Crippen LogP contribution is -2.09. The van der Waals surface area contributed by atoms with E-state index in [0.29, 0.717) is 5.88 Å². The molecule has 1 nitrogen and oxygen atoms in total. The molecule has 0 aliphatic rings. The van der Waals surface area contributed by atoms with Crippen molar-refractivity contribution in [2.75, 3.05) is 24.9 Å². The molecule has 0 saturated heterocycles. The number of rotatable bonds is 1. The highest BCUT2D eigenvalue weighted by Gasteiger charge is 1.98. The smallest absolute Gasteiger partial charge is 0.0839 e. The molecule has 0 aromatic heterocycles. The van der Waals surface area contributed by atoms with Gasteiger partial charge in [0.25, 0.3) is 0 Å². The number of anilines is 1. The lowest BCUT2D eigenvalue weighted by molar-refractivity contribution is 1.13. The van der Waals surface area contributed by atoms with Crippen LogP contribution in [0.15, 0.2) is 24.3 Å². The van der Waals surface area contributed by atoms with Gasteiger partial charge >= 0.3 is 0 Å². The van der Waals surface area contributed by atoms with E-state index in [2.05, 4.69) is 11.8 Å². The Morgan fingerprint density at radius 1 is 1.31 bits per heavy atom. The molecule has 0 radical (unpaired) electrons. The lowest BCUT2D eigenvalue weighted by atomic mass is 10.2. The molecule has 1 rings (SSSR count). The second-order valence-corrected chi connectivity index (χ2v) is 3.11. The Balaban J connectivity index is 3.05. The molecular formula is C11H12ClN. The van der Waals surface area contributed by atoms with Crippen LogP contribution >= 0.6 is 11.6 Å². The molecule has 0 aliphatic heterocycles. The molecule has 1 aromatic carbocycles. The molecule has 0 spiro atoms. The quantitative estimate of drug-likeness (QED) is 0.489. The van der Waals surface area contributed by atoms with Crippen molar-refractivity contribution in [1.29, 1.82) is 0 Å². The fraction of sp³-hybridized carbons (Fsp3) is 0.273. The number of hydrogen-bond acceptors (Lipinski definition) is 1. The van der Waals surface area contributed by atoms with Gasteiger partial charge in [-0.05, 0) is 12.1 Å². The first kappa shape index (κ1) is 9.95. The van der Waals surface area contributed by atoms with Crippen LogP contribution in [0.2, 0.25) is 0 Å². The molecule has 13 heavy (non-hydrogen) atoms. The van der Waals surface area contributed by atoms with Crippen LogP contribution in [0.25, 0.3) is 0 Å². The van der Waals surface area contributed by atoms with E-state index < -0.39 is 0 Å². The second-order valence-electron chi connectivity index (χ2n) is 2.85. The van der Waals surface area contributed by atoms with Crippen molar-refractivity contribution in [2.45, 2.75) is 0 Å². The van der Waals surface area contributed by atoms with Gasteiger partial charge in [-0.1, -0.05) is 24.0 Å². The molecule has 1 aromatic rings. The third kappa shape index (κ3) is 2.68. The predicted octanol–water partition coefficient (Wildman–Crippen LogP) is 2.34. The molecule has 0 N–H and O–H groups in total. The number of hydrogen-bond donors (Lipinski definition) is 0. The van der Waals surface area contributed by atoms with Crippen molar-refractivity contribution in [3.8, 4) is 11.8 Å². The van der Waals surface area contributed by atoms with Gasteiger partial charge in [-0.15, -0.1) is 11.6 Å². The average Bonchev–Trinajstić information content (AvgIpc) is 2.15. The minimum atomic E-state index is 0.377. The highest BCUT2D eigenvalue weighted by Crippen LogP contribution is 2.16. The molecule has 0 fully saturated rings. The number of alkyl halides is 1. The first-order chi connectivity index (χ1) is 6.25. The lowest BCUT2D eigenvalue weighted by Gasteiger charge is -2.13. The summed E-state index contributed by atoms with van der Waals surface area (Å²) in [7, 11) is 4.00. The molecule has 0 heterocycles. The maximum atomic E-state index is 5.50. The van der Waals surface area contributed by atoms with Crippen LogP contribution in [0, 0.1) is 11.8 Å². The largest absolute Gasteiger partial charge is 0.377 e. The van der Waals surface area contributed by atoms with Crippen molar-refractivity contribution in [3.05, 3.63) is 29.8 Å². The van der Waals surface area contributed by atoms with Crippen LogP contribution in [-0.2, 0) is 0 Å². The molecular weight excluding hydrogens is 182 g/mol. The minimum Gasteiger partial charge on any atom is -0.377 e. The van der Waals surface area contributed by atoms with E-state index >= 15 is 0 Å². The molecule has 2 heteroatoms. The number of nitrogens with zero attached hydrogens (tertiary/aromatic N) is 1. The summed E-state index contributed by atoms with van der Waals surface area (Å²) >= 11 is 5.50. The number of halogens is 1. The van der Waals surface area contributed by atoms with Crippen LogP contribution in [0.1, 0.15) is 5.56 Å². The van der Waals surface area contributed by atoms with Crippen LogP contribution in [-0.4, -0.2) is 20.0 Å². The first-order valence-corrected chi connectivity index (χ1v) is 4.60. The number of para-hydroxylation sites is 1. The van der Waals surface area contributed by atoms with Gasteiger partial charge in [-0.25, -0.2) is 0 Å². The molecule has 0 unspecified atom stereocenters.